The first-order chi connectivity index (χ1) is 12.4. The van der Waals surface area contributed by atoms with Crippen LogP contribution >= 0.6 is 0 Å². The molecule has 0 aromatic carbocycles. The van der Waals surface area contributed by atoms with Gasteiger partial charge in [-0.2, -0.15) is 0 Å². The van der Waals surface area contributed by atoms with E-state index < -0.39 is 12.1 Å². The number of aliphatic hydroxyl groups excluding tert-OH is 1. The Morgan fingerprint density at radius 1 is 1.31 bits per heavy atom. The maximum Gasteiger partial charge on any atom is 0.242 e. The number of likely N-dealkylation sites (tertiary alicyclic amines) is 2. The Bertz CT molecular complexity index is 641. The molecular weight excluding hydrogens is 332 g/mol. The Hall–Kier alpha value is -1.99. The van der Waals surface area contributed by atoms with Crippen molar-refractivity contribution in [1.29, 1.82) is 0 Å². The van der Waals surface area contributed by atoms with Gasteiger partial charge in [-0.3, -0.25) is 14.6 Å². The van der Waals surface area contributed by atoms with Gasteiger partial charge in [0.15, 0.2) is 0 Å². The van der Waals surface area contributed by atoms with Crippen molar-refractivity contribution in [3.63, 3.8) is 0 Å². The van der Waals surface area contributed by atoms with E-state index in [2.05, 4.69) is 4.98 Å². The maximum atomic E-state index is 12.4. The van der Waals surface area contributed by atoms with Gasteiger partial charge in [0, 0.05) is 45.0 Å². The van der Waals surface area contributed by atoms with Crippen LogP contribution in [0.5, 0.6) is 0 Å². The number of nitrogens with two attached hydrogens (primary N) is 1. The monoisotopic (exact) mass is 360 g/mol. The van der Waals surface area contributed by atoms with Gasteiger partial charge in [-0.05, 0) is 49.3 Å². The van der Waals surface area contributed by atoms with E-state index in [-0.39, 0.29) is 17.2 Å². The minimum absolute atomic E-state index is 0.0760. The first kappa shape index (κ1) is 18.8. The number of aliphatic hydroxyl groups is 1. The second-order valence-electron chi connectivity index (χ2n) is 7.70. The number of hydrogen-bond donors (Lipinski definition) is 2. The molecule has 142 valence electrons. The van der Waals surface area contributed by atoms with Gasteiger partial charge in [0.1, 0.15) is 6.04 Å². The van der Waals surface area contributed by atoms with Crippen LogP contribution in [0.1, 0.15) is 38.2 Å². The molecule has 0 aliphatic carbocycles. The third kappa shape index (κ3) is 4.04. The lowest BCUT2D eigenvalue weighted by atomic mass is 9.72. The Kier molecular flexibility index (Phi) is 5.58. The fourth-order valence-electron chi connectivity index (χ4n) is 3.98. The molecule has 2 aliphatic heterocycles. The standard InChI is InChI=1S/C19H28N4O3/c1-14(24)17(20)18(26)22-10-6-19(7-11-22)5-2-16(25)23(13-19)12-15-3-8-21-9-4-15/h3-4,8-9,14,17,24H,2,5-7,10-13,20H2,1H3/t14-,17+/m1/s1. The highest BCUT2D eigenvalue weighted by Gasteiger charge is 2.42. The summed E-state index contributed by atoms with van der Waals surface area (Å²) in [5, 5.41) is 9.55. The molecule has 3 rings (SSSR count). The van der Waals surface area contributed by atoms with Crippen LogP contribution in [0.4, 0.5) is 0 Å². The quantitative estimate of drug-likeness (QED) is 0.815. The highest BCUT2D eigenvalue weighted by molar-refractivity contribution is 5.82. The summed E-state index contributed by atoms with van der Waals surface area (Å²) in [4.78, 5) is 32.4. The lowest BCUT2D eigenvalue weighted by Crippen LogP contribution is -2.55. The van der Waals surface area contributed by atoms with Crippen LogP contribution in [0.15, 0.2) is 24.5 Å². The van der Waals surface area contributed by atoms with Crippen molar-refractivity contribution in [2.45, 2.75) is 51.3 Å². The summed E-state index contributed by atoms with van der Waals surface area (Å²) in [6.07, 6.45) is 5.82. The van der Waals surface area contributed by atoms with Gasteiger partial charge in [-0.25, -0.2) is 0 Å². The van der Waals surface area contributed by atoms with E-state index in [0.29, 0.717) is 26.1 Å². The largest absolute Gasteiger partial charge is 0.391 e. The van der Waals surface area contributed by atoms with Crippen LogP contribution in [0, 0.1) is 5.41 Å². The summed E-state index contributed by atoms with van der Waals surface area (Å²) in [5.74, 6) is 0.0115. The number of nitrogens with zero attached hydrogens (tertiary/aromatic N) is 3. The molecular formula is C19H28N4O3. The van der Waals surface area contributed by atoms with Gasteiger partial charge in [-0.15, -0.1) is 0 Å². The van der Waals surface area contributed by atoms with Crippen molar-refractivity contribution in [2.75, 3.05) is 19.6 Å². The van der Waals surface area contributed by atoms with E-state index in [0.717, 1.165) is 31.4 Å². The summed E-state index contributed by atoms with van der Waals surface area (Å²) in [5.41, 5.74) is 6.95. The number of rotatable bonds is 4. The molecule has 0 radical (unpaired) electrons. The summed E-state index contributed by atoms with van der Waals surface area (Å²) in [6, 6.07) is 3.01. The predicted molar refractivity (Wildman–Crippen MR) is 96.8 cm³/mol. The Morgan fingerprint density at radius 3 is 2.58 bits per heavy atom. The van der Waals surface area contributed by atoms with Crippen molar-refractivity contribution < 1.29 is 14.7 Å². The Labute approximate surface area is 154 Å². The minimum atomic E-state index is -0.861. The Balaban J connectivity index is 1.61. The molecule has 3 N–H and O–H groups in total. The van der Waals surface area contributed by atoms with E-state index in [1.807, 2.05) is 17.0 Å². The van der Waals surface area contributed by atoms with Gasteiger partial charge >= 0.3 is 0 Å². The van der Waals surface area contributed by atoms with Crippen molar-refractivity contribution in [1.82, 2.24) is 14.8 Å². The fourth-order valence-corrected chi connectivity index (χ4v) is 3.98. The molecule has 0 bridgehead atoms. The smallest absolute Gasteiger partial charge is 0.242 e. The molecule has 1 aromatic rings. The van der Waals surface area contributed by atoms with Gasteiger partial charge in [0.25, 0.3) is 0 Å². The van der Waals surface area contributed by atoms with Crippen LogP contribution in [0.2, 0.25) is 0 Å². The highest BCUT2D eigenvalue weighted by Crippen LogP contribution is 2.40. The van der Waals surface area contributed by atoms with Gasteiger partial charge < -0.3 is 20.6 Å². The van der Waals surface area contributed by atoms with Crippen LogP contribution < -0.4 is 5.73 Å². The summed E-state index contributed by atoms with van der Waals surface area (Å²) in [7, 11) is 0. The highest BCUT2D eigenvalue weighted by atomic mass is 16.3. The Morgan fingerprint density at radius 2 is 1.96 bits per heavy atom. The van der Waals surface area contributed by atoms with Gasteiger partial charge in [-0.1, -0.05) is 0 Å². The molecule has 26 heavy (non-hydrogen) atoms. The van der Waals surface area contributed by atoms with Crippen molar-refractivity contribution in [2.24, 2.45) is 11.1 Å². The van der Waals surface area contributed by atoms with E-state index >= 15 is 0 Å². The van der Waals surface area contributed by atoms with Crippen LogP contribution in [0.25, 0.3) is 0 Å². The van der Waals surface area contributed by atoms with Crippen molar-refractivity contribution in [3.8, 4) is 0 Å². The van der Waals surface area contributed by atoms with Gasteiger partial charge in [0.05, 0.1) is 6.10 Å². The normalized spacial score (nSPS) is 22.3. The van der Waals surface area contributed by atoms with Crippen LogP contribution in [-0.2, 0) is 16.1 Å². The molecule has 2 fully saturated rings. The first-order valence-electron chi connectivity index (χ1n) is 9.29. The lowest BCUT2D eigenvalue weighted by Gasteiger charge is -2.47. The molecule has 1 aromatic heterocycles. The molecule has 2 aliphatic rings. The van der Waals surface area contributed by atoms with E-state index in [1.165, 1.54) is 6.92 Å². The number of carbonyl (C=O) groups excluding carboxylic acids is 2. The molecule has 0 saturated carbocycles. The average Bonchev–Trinajstić information content (AvgIpc) is 2.65. The molecule has 7 heteroatoms. The molecule has 3 heterocycles. The molecule has 2 atom stereocenters. The molecule has 2 amide bonds. The summed E-state index contributed by atoms with van der Waals surface area (Å²) < 4.78 is 0. The number of pyridine rings is 1. The van der Waals surface area contributed by atoms with Crippen LogP contribution in [0.3, 0.4) is 0 Å². The SMILES string of the molecule is C[C@@H](O)[C@H](N)C(=O)N1CCC2(CCC(=O)N(Cc3ccncc3)C2)CC1. The topological polar surface area (TPSA) is 99.8 Å². The van der Waals surface area contributed by atoms with Crippen LogP contribution in [-0.4, -0.2) is 63.5 Å². The third-order valence-electron chi connectivity index (χ3n) is 5.81. The predicted octanol–water partition coefficient (Wildman–Crippen LogP) is 0.521. The van der Waals surface area contributed by atoms with Crippen molar-refractivity contribution in [3.05, 3.63) is 30.1 Å². The second kappa shape index (κ2) is 7.72. The van der Waals surface area contributed by atoms with Crippen molar-refractivity contribution >= 4 is 11.8 Å². The third-order valence-corrected chi connectivity index (χ3v) is 5.81. The zero-order valence-electron chi connectivity index (χ0n) is 15.3. The number of aromatic nitrogens is 1. The maximum absolute atomic E-state index is 12.4. The fraction of sp³-hybridized carbons (Fsp3) is 0.632. The summed E-state index contributed by atoms with van der Waals surface area (Å²) >= 11 is 0. The van der Waals surface area contributed by atoms with E-state index in [9.17, 15) is 14.7 Å². The molecule has 0 unspecified atom stereocenters. The minimum Gasteiger partial charge on any atom is -0.391 e. The van der Waals surface area contributed by atoms with Gasteiger partial charge in [0.2, 0.25) is 11.8 Å². The number of amides is 2. The van der Waals surface area contributed by atoms with E-state index in [1.54, 1.807) is 17.3 Å². The molecule has 2 saturated heterocycles. The number of piperidine rings is 2. The van der Waals surface area contributed by atoms with E-state index in [4.69, 9.17) is 5.73 Å². The average molecular weight is 360 g/mol. The first-order valence-corrected chi connectivity index (χ1v) is 9.29. The zero-order valence-corrected chi connectivity index (χ0v) is 15.3. The lowest BCUT2D eigenvalue weighted by molar-refractivity contribution is -0.144. The zero-order chi connectivity index (χ0) is 18.7. The number of carbonyl (C=O) groups is 2. The summed E-state index contributed by atoms with van der Waals surface area (Å²) in [6.45, 7) is 4.15. The molecule has 7 nitrogen and oxygen atoms in total. The number of hydrogen-bond acceptors (Lipinski definition) is 5. The second-order valence-corrected chi connectivity index (χ2v) is 7.70. The molecule has 1 spiro atoms.